The number of ether oxygens (including phenoxy) is 3. The molecule has 1 amide bonds. The average Bonchev–Trinajstić information content (AvgIpc) is 2.88. The number of hydrogen-bond acceptors (Lipinski definition) is 8. The second kappa shape index (κ2) is 12.7. The van der Waals surface area contributed by atoms with Crippen LogP contribution in [0.25, 0.3) is 0 Å². The molecule has 0 atom stereocenters. The van der Waals surface area contributed by atoms with Gasteiger partial charge in [-0.3, -0.25) is 9.52 Å². The van der Waals surface area contributed by atoms with Gasteiger partial charge < -0.3 is 19.5 Å². The van der Waals surface area contributed by atoms with Gasteiger partial charge in [0.2, 0.25) is 5.88 Å². The number of anilines is 2. The second-order valence-electron chi connectivity index (χ2n) is 7.77. The highest BCUT2D eigenvalue weighted by atomic mass is 32.2. The van der Waals surface area contributed by atoms with Crippen molar-refractivity contribution >= 4 is 27.4 Å². The number of sulfonamides is 1. The maximum absolute atomic E-state index is 12.9. The van der Waals surface area contributed by atoms with Gasteiger partial charge in [0.1, 0.15) is 5.75 Å². The molecule has 0 aliphatic carbocycles. The number of nitrogens with zero attached hydrogens (tertiary/aromatic N) is 2. The van der Waals surface area contributed by atoms with Crippen molar-refractivity contribution in [3.63, 3.8) is 0 Å². The van der Waals surface area contributed by atoms with Crippen LogP contribution in [-0.4, -0.2) is 45.1 Å². The molecule has 1 heterocycles. The Labute approximate surface area is 211 Å². The summed E-state index contributed by atoms with van der Waals surface area (Å²) in [5.74, 6) is 0.281. The van der Waals surface area contributed by atoms with Crippen LogP contribution in [0.2, 0.25) is 0 Å². The van der Waals surface area contributed by atoms with Crippen molar-refractivity contribution in [2.45, 2.75) is 37.5 Å². The zero-order valence-corrected chi connectivity index (χ0v) is 21.3. The van der Waals surface area contributed by atoms with Gasteiger partial charge >= 0.3 is 6.01 Å². The van der Waals surface area contributed by atoms with Crippen molar-refractivity contribution in [2.24, 2.45) is 0 Å². The van der Waals surface area contributed by atoms with Crippen LogP contribution in [0.1, 0.15) is 43.0 Å². The summed E-state index contributed by atoms with van der Waals surface area (Å²) in [6.45, 7) is 2.68. The lowest BCUT2D eigenvalue weighted by Gasteiger charge is -2.12. The first-order valence-electron chi connectivity index (χ1n) is 11.5. The number of benzene rings is 2. The third-order valence-electron chi connectivity index (χ3n) is 5.12. The molecule has 1 aromatic heterocycles. The van der Waals surface area contributed by atoms with Gasteiger partial charge in [-0.05, 0) is 42.8 Å². The number of hydrogen-bond donors (Lipinski definition) is 2. The molecule has 3 rings (SSSR count). The van der Waals surface area contributed by atoms with E-state index in [-0.39, 0.29) is 28.5 Å². The minimum Gasteiger partial charge on any atom is -0.493 e. The van der Waals surface area contributed by atoms with Crippen molar-refractivity contribution in [3.8, 4) is 17.6 Å². The monoisotopic (exact) mass is 514 g/mol. The van der Waals surface area contributed by atoms with E-state index >= 15 is 0 Å². The van der Waals surface area contributed by atoms with E-state index in [2.05, 4.69) is 26.9 Å². The summed E-state index contributed by atoms with van der Waals surface area (Å²) in [5.41, 5.74) is 0.833. The summed E-state index contributed by atoms with van der Waals surface area (Å²) in [7, 11) is -1.22. The summed E-state index contributed by atoms with van der Waals surface area (Å²) < 4.78 is 43.8. The van der Waals surface area contributed by atoms with E-state index in [9.17, 15) is 13.2 Å². The van der Waals surface area contributed by atoms with E-state index in [0.29, 0.717) is 23.6 Å². The number of unbranched alkanes of at least 4 members (excludes halogenated alkanes) is 3. The fraction of sp³-hybridized carbons (Fsp3) is 0.320. The highest BCUT2D eigenvalue weighted by Crippen LogP contribution is 2.23. The maximum atomic E-state index is 12.9. The van der Waals surface area contributed by atoms with Crippen molar-refractivity contribution in [1.82, 2.24) is 9.97 Å². The van der Waals surface area contributed by atoms with Gasteiger partial charge in [-0.2, -0.15) is 9.97 Å². The molecule has 192 valence electrons. The molecule has 3 aromatic rings. The molecule has 0 spiro atoms. The Morgan fingerprint density at radius 3 is 2.39 bits per heavy atom. The molecule has 0 bridgehead atoms. The molecule has 2 N–H and O–H groups in total. The van der Waals surface area contributed by atoms with E-state index < -0.39 is 10.0 Å². The highest BCUT2D eigenvalue weighted by Gasteiger charge is 2.18. The fourth-order valence-electron chi connectivity index (χ4n) is 3.26. The van der Waals surface area contributed by atoms with Crippen LogP contribution in [0.15, 0.2) is 59.5 Å². The molecule has 10 nitrogen and oxygen atoms in total. The van der Waals surface area contributed by atoms with E-state index in [1.807, 2.05) is 6.07 Å². The SMILES string of the molecule is CCCCCCOc1ccccc1C(=O)Nc1ccc(S(=O)(=O)Nc2cc(OC)nc(OC)n2)cc1. The number of nitrogens with one attached hydrogen (secondary N) is 2. The lowest BCUT2D eigenvalue weighted by atomic mass is 10.1. The van der Waals surface area contributed by atoms with Gasteiger partial charge in [0.15, 0.2) is 5.82 Å². The second-order valence-corrected chi connectivity index (χ2v) is 9.45. The first kappa shape index (κ1) is 26.7. The zero-order chi connectivity index (χ0) is 26.0. The van der Waals surface area contributed by atoms with Gasteiger partial charge in [-0.15, -0.1) is 0 Å². The van der Waals surface area contributed by atoms with Gasteiger partial charge in [0.25, 0.3) is 15.9 Å². The highest BCUT2D eigenvalue weighted by molar-refractivity contribution is 7.92. The number of methoxy groups -OCH3 is 2. The predicted octanol–water partition coefficient (Wildman–Crippen LogP) is 4.51. The molecule has 0 saturated carbocycles. The summed E-state index contributed by atoms with van der Waals surface area (Å²) in [4.78, 5) is 20.7. The Bertz CT molecular complexity index is 1240. The Morgan fingerprint density at radius 1 is 0.944 bits per heavy atom. The first-order valence-corrected chi connectivity index (χ1v) is 13.0. The molecular weight excluding hydrogens is 484 g/mol. The Hall–Kier alpha value is -3.86. The van der Waals surface area contributed by atoms with Crippen LogP contribution in [0.3, 0.4) is 0 Å². The molecular formula is C25H30N4O6S. The molecule has 0 radical (unpaired) electrons. The molecule has 0 aliphatic heterocycles. The maximum Gasteiger partial charge on any atom is 0.321 e. The molecule has 0 unspecified atom stereocenters. The van der Waals surface area contributed by atoms with E-state index in [1.54, 1.807) is 18.2 Å². The number of aromatic nitrogens is 2. The van der Waals surface area contributed by atoms with Crippen LogP contribution < -0.4 is 24.2 Å². The molecule has 0 fully saturated rings. The molecule has 2 aromatic carbocycles. The minimum absolute atomic E-state index is 0.0117. The van der Waals surface area contributed by atoms with E-state index in [4.69, 9.17) is 14.2 Å². The quantitative estimate of drug-likeness (QED) is 0.319. The fourth-order valence-corrected chi connectivity index (χ4v) is 4.25. The number of rotatable bonds is 13. The summed E-state index contributed by atoms with van der Waals surface area (Å²) in [6, 6.07) is 14.1. The zero-order valence-electron chi connectivity index (χ0n) is 20.5. The molecule has 0 saturated heterocycles. The van der Waals surface area contributed by atoms with Gasteiger partial charge in [-0.25, -0.2) is 8.42 Å². The number of amides is 1. The van der Waals surface area contributed by atoms with Crippen molar-refractivity contribution < 1.29 is 27.4 Å². The smallest absolute Gasteiger partial charge is 0.321 e. The van der Waals surface area contributed by atoms with E-state index in [1.165, 1.54) is 44.6 Å². The predicted molar refractivity (Wildman–Crippen MR) is 136 cm³/mol. The third-order valence-corrected chi connectivity index (χ3v) is 6.49. The number of para-hydroxylation sites is 1. The van der Waals surface area contributed by atoms with Crippen LogP contribution in [0.5, 0.6) is 17.6 Å². The van der Waals surface area contributed by atoms with Crippen molar-refractivity contribution in [3.05, 3.63) is 60.2 Å². The summed E-state index contributed by atoms with van der Waals surface area (Å²) in [5, 5.41) is 2.78. The van der Waals surface area contributed by atoms with Crippen LogP contribution >= 0.6 is 0 Å². The van der Waals surface area contributed by atoms with Crippen LogP contribution in [0.4, 0.5) is 11.5 Å². The largest absolute Gasteiger partial charge is 0.493 e. The van der Waals surface area contributed by atoms with Crippen LogP contribution in [0, 0.1) is 0 Å². The summed E-state index contributed by atoms with van der Waals surface area (Å²) >= 11 is 0. The van der Waals surface area contributed by atoms with Crippen molar-refractivity contribution in [1.29, 1.82) is 0 Å². The topological polar surface area (TPSA) is 129 Å². The average molecular weight is 515 g/mol. The number of carbonyl (C=O) groups is 1. The lowest BCUT2D eigenvalue weighted by Crippen LogP contribution is -2.16. The molecule has 0 aliphatic rings. The minimum atomic E-state index is -3.97. The van der Waals surface area contributed by atoms with Gasteiger partial charge in [0, 0.05) is 11.8 Å². The summed E-state index contributed by atoms with van der Waals surface area (Å²) in [6.07, 6.45) is 4.28. The lowest BCUT2D eigenvalue weighted by molar-refractivity contribution is 0.102. The molecule has 36 heavy (non-hydrogen) atoms. The van der Waals surface area contributed by atoms with E-state index in [0.717, 1.165) is 25.7 Å². The Morgan fingerprint density at radius 2 is 1.69 bits per heavy atom. The van der Waals surface area contributed by atoms with Gasteiger partial charge in [0.05, 0.1) is 31.3 Å². The van der Waals surface area contributed by atoms with Crippen LogP contribution in [-0.2, 0) is 10.0 Å². The van der Waals surface area contributed by atoms with Crippen molar-refractivity contribution in [2.75, 3.05) is 30.9 Å². The Kier molecular flexibility index (Phi) is 9.46. The Balaban J connectivity index is 1.67. The van der Waals surface area contributed by atoms with Gasteiger partial charge in [-0.1, -0.05) is 38.3 Å². The normalized spacial score (nSPS) is 11.0. The first-order chi connectivity index (χ1) is 17.4. The molecule has 11 heteroatoms. The standard InChI is InChI=1S/C25H30N4O6S/c1-4-5-6-9-16-35-21-11-8-7-10-20(21)24(30)26-18-12-14-19(15-13-18)36(31,32)29-22-17-23(33-2)28-25(27-22)34-3/h7-8,10-15,17H,4-6,9,16H2,1-3H3,(H,26,30)(H,27,28,29). The third kappa shape index (κ3) is 7.32. The number of carbonyl (C=O) groups excluding carboxylic acids is 1.